The molecule has 2 heterocycles. The lowest BCUT2D eigenvalue weighted by Crippen LogP contribution is -2.43. The predicted octanol–water partition coefficient (Wildman–Crippen LogP) is 4.63. The quantitative estimate of drug-likeness (QED) is 0.391. The van der Waals surface area contributed by atoms with Crippen LogP contribution >= 0.6 is 11.8 Å². The molecule has 8 nitrogen and oxygen atoms in total. The number of amidine groups is 2. The molecule has 210 valence electrons. The summed E-state index contributed by atoms with van der Waals surface area (Å²) in [5.74, 6) is -0.796. The maximum atomic E-state index is 13.6. The van der Waals surface area contributed by atoms with Crippen molar-refractivity contribution in [2.45, 2.75) is 51.1 Å². The summed E-state index contributed by atoms with van der Waals surface area (Å²) in [4.78, 5) is 50.2. The highest BCUT2D eigenvalue weighted by Crippen LogP contribution is 2.35. The molecule has 3 aromatic carbocycles. The molecule has 3 aromatic rings. The Morgan fingerprint density at radius 3 is 2.34 bits per heavy atom. The Morgan fingerprint density at radius 1 is 0.976 bits per heavy atom. The number of benzene rings is 3. The molecule has 5 rings (SSSR count). The lowest BCUT2D eigenvalue weighted by Gasteiger charge is -2.27. The second-order valence-corrected chi connectivity index (χ2v) is 11.0. The van der Waals surface area contributed by atoms with Crippen molar-refractivity contribution >= 4 is 46.2 Å². The molecule has 41 heavy (non-hydrogen) atoms. The molecule has 0 radical (unpaired) electrons. The highest BCUT2D eigenvalue weighted by atomic mass is 32.2. The number of halogens is 1. The second-order valence-electron chi connectivity index (χ2n) is 9.88. The zero-order valence-corrected chi connectivity index (χ0v) is 23.6. The molecule has 0 saturated heterocycles. The highest BCUT2D eigenvalue weighted by Gasteiger charge is 2.43. The molecule has 2 aliphatic rings. The number of nitrogens with one attached hydrogen (secondary N) is 2. The number of aliphatic imine (C=N–C) groups is 2. The third kappa shape index (κ3) is 6.54. The minimum atomic E-state index is -0.925. The van der Waals surface area contributed by atoms with Crippen molar-refractivity contribution in [3.05, 3.63) is 101 Å². The zero-order chi connectivity index (χ0) is 28.9. The van der Waals surface area contributed by atoms with Gasteiger partial charge in [0.2, 0.25) is 11.8 Å². The molecule has 0 aliphatic carbocycles. The van der Waals surface area contributed by atoms with E-state index in [1.165, 1.54) is 28.8 Å². The Labute approximate surface area is 242 Å². The molecule has 0 fully saturated rings. The number of nitrogens with zero attached hydrogens (tertiary/aromatic N) is 3. The van der Waals surface area contributed by atoms with Gasteiger partial charge < -0.3 is 10.6 Å². The molecule has 0 unspecified atom stereocenters. The van der Waals surface area contributed by atoms with Crippen molar-refractivity contribution in [3.8, 4) is 0 Å². The molecule has 0 saturated carbocycles. The van der Waals surface area contributed by atoms with Gasteiger partial charge in [0.25, 0.3) is 5.91 Å². The molecule has 3 amide bonds. The van der Waals surface area contributed by atoms with Crippen LogP contribution in [-0.2, 0) is 27.5 Å². The van der Waals surface area contributed by atoms with E-state index >= 15 is 0 Å². The maximum absolute atomic E-state index is 13.6. The van der Waals surface area contributed by atoms with Crippen molar-refractivity contribution in [3.63, 3.8) is 0 Å². The van der Waals surface area contributed by atoms with Gasteiger partial charge in [-0.3, -0.25) is 19.4 Å². The van der Waals surface area contributed by atoms with Crippen molar-refractivity contribution in [2.75, 3.05) is 0 Å². The number of amides is 3. The predicted molar refractivity (Wildman–Crippen MR) is 158 cm³/mol. The molecule has 10 heteroatoms. The van der Waals surface area contributed by atoms with E-state index < -0.39 is 11.3 Å². The first-order valence-electron chi connectivity index (χ1n) is 13.4. The van der Waals surface area contributed by atoms with Gasteiger partial charge in [0.1, 0.15) is 17.7 Å². The molecule has 2 atom stereocenters. The molecular formula is C31H30FN5O3S. The monoisotopic (exact) mass is 571 g/mol. The minimum absolute atomic E-state index is 0.144. The Morgan fingerprint density at radius 2 is 1.63 bits per heavy atom. The standard InChI is InChI=1S/C31H30FN5O3S/c1-3-26(29(39)34-18-20-10-8-19(2)9-11-20)41-31-36-24-7-5-4-6-23(24)28-35-25(30(40)37(28)31)16-27(38)33-17-21-12-14-22(32)15-13-21/h4-15,25-26H,3,16-18H2,1-2H3,(H,33,38)(H,34,39)/t25-,26-/m1/s1. The first-order valence-corrected chi connectivity index (χ1v) is 14.3. The fourth-order valence-electron chi connectivity index (χ4n) is 4.52. The Hall–Kier alpha value is -4.31. The molecule has 0 aromatic heterocycles. The smallest absolute Gasteiger partial charge is 0.259 e. The lowest BCUT2D eigenvalue weighted by molar-refractivity contribution is -0.128. The normalized spacial score (nSPS) is 16.3. The van der Waals surface area contributed by atoms with Gasteiger partial charge in [0.05, 0.1) is 17.4 Å². The summed E-state index contributed by atoms with van der Waals surface area (Å²) >= 11 is 1.22. The highest BCUT2D eigenvalue weighted by molar-refractivity contribution is 8.15. The van der Waals surface area contributed by atoms with E-state index in [2.05, 4.69) is 15.6 Å². The number of para-hydroxylation sites is 1. The summed E-state index contributed by atoms with van der Waals surface area (Å²) in [6.45, 7) is 4.53. The van der Waals surface area contributed by atoms with Crippen molar-refractivity contribution < 1.29 is 18.8 Å². The van der Waals surface area contributed by atoms with E-state index in [0.29, 0.717) is 35.2 Å². The Bertz CT molecular complexity index is 1520. The van der Waals surface area contributed by atoms with Gasteiger partial charge in [0, 0.05) is 18.7 Å². The minimum Gasteiger partial charge on any atom is -0.352 e. The van der Waals surface area contributed by atoms with E-state index in [9.17, 15) is 18.8 Å². The number of aryl methyl sites for hydroxylation is 1. The number of hydrogen-bond acceptors (Lipinski definition) is 6. The molecule has 0 spiro atoms. The van der Waals surface area contributed by atoms with E-state index in [1.54, 1.807) is 12.1 Å². The fraction of sp³-hybridized carbons (Fsp3) is 0.258. The zero-order valence-electron chi connectivity index (χ0n) is 22.8. The van der Waals surface area contributed by atoms with Gasteiger partial charge in [-0.25, -0.2) is 14.3 Å². The van der Waals surface area contributed by atoms with Gasteiger partial charge in [-0.15, -0.1) is 0 Å². The van der Waals surface area contributed by atoms with E-state index in [-0.39, 0.29) is 36.5 Å². The third-order valence-electron chi connectivity index (χ3n) is 6.83. The van der Waals surface area contributed by atoms with Gasteiger partial charge in [-0.1, -0.05) is 72.8 Å². The SMILES string of the molecule is CC[C@@H](SC1=Nc2ccccc2C2=N[C@H](CC(=O)NCc3ccc(F)cc3)C(=O)N12)C(=O)NCc1ccc(C)cc1. The second kappa shape index (κ2) is 12.5. The largest absolute Gasteiger partial charge is 0.352 e. The number of fused-ring (bicyclic) bond motifs is 3. The molecule has 2 N–H and O–H groups in total. The number of rotatable bonds is 9. The average molecular weight is 572 g/mol. The van der Waals surface area contributed by atoms with Crippen LogP contribution in [0.3, 0.4) is 0 Å². The maximum Gasteiger partial charge on any atom is 0.259 e. The van der Waals surface area contributed by atoms with Crippen molar-refractivity contribution in [2.24, 2.45) is 9.98 Å². The van der Waals surface area contributed by atoms with Crippen LogP contribution in [-0.4, -0.2) is 44.9 Å². The van der Waals surface area contributed by atoms with Crippen LogP contribution < -0.4 is 10.6 Å². The topological polar surface area (TPSA) is 103 Å². The Kier molecular flexibility index (Phi) is 8.58. The van der Waals surface area contributed by atoms with E-state index in [4.69, 9.17) is 4.99 Å². The summed E-state index contributed by atoms with van der Waals surface area (Å²) < 4.78 is 13.2. The number of hydrogen-bond donors (Lipinski definition) is 2. The molecule has 2 aliphatic heterocycles. The van der Waals surface area contributed by atoms with Crippen LogP contribution in [0.2, 0.25) is 0 Å². The van der Waals surface area contributed by atoms with Crippen LogP contribution in [0, 0.1) is 12.7 Å². The van der Waals surface area contributed by atoms with E-state index in [0.717, 1.165) is 16.7 Å². The van der Waals surface area contributed by atoms with Crippen molar-refractivity contribution in [1.82, 2.24) is 15.5 Å². The summed E-state index contributed by atoms with van der Waals surface area (Å²) in [7, 11) is 0. The molecular weight excluding hydrogens is 541 g/mol. The summed E-state index contributed by atoms with van der Waals surface area (Å²) in [6.07, 6.45) is 0.378. The van der Waals surface area contributed by atoms with Crippen LogP contribution in [0.5, 0.6) is 0 Å². The third-order valence-corrected chi connectivity index (χ3v) is 8.14. The van der Waals surface area contributed by atoms with Crippen LogP contribution in [0.25, 0.3) is 0 Å². The summed E-state index contributed by atoms with van der Waals surface area (Å²) in [5.41, 5.74) is 4.23. The van der Waals surface area contributed by atoms with Gasteiger partial charge in [-0.2, -0.15) is 0 Å². The lowest BCUT2D eigenvalue weighted by atomic mass is 10.1. The number of thioether (sulfide) groups is 1. The number of carbonyl (C=O) groups excluding carboxylic acids is 3. The van der Waals surface area contributed by atoms with Crippen LogP contribution in [0.4, 0.5) is 10.1 Å². The summed E-state index contributed by atoms with van der Waals surface area (Å²) in [5, 5.41) is 5.64. The van der Waals surface area contributed by atoms with Gasteiger partial charge in [-0.05, 0) is 48.7 Å². The first-order chi connectivity index (χ1) is 19.8. The van der Waals surface area contributed by atoms with E-state index in [1.807, 2.05) is 62.4 Å². The fourth-order valence-corrected chi connectivity index (χ4v) is 5.57. The molecule has 0 bridgehead atoms. The summed E-state index contributed by atoms with van der Waals surface area (Å²) in [6, 6.07) is 20.2. The van der Waals surface area contributed by atoms with Crippen LogP contribution in [0.1, 0.15) is 42.0 Å². The number of carbonyl (C=O) groups is 3. The van der Waals surface area contributed by atoms with Crippen LogP contribution in [0.15, 0.2) is 82.8 Å². The van der Waals surface area contributed by atoms with Gasteiger partial charge in [0.15, 0.2) is 5.17 Å². The average Bonchev–Trinajstić information content (AvgIpc) is 3.31. The van der Waals surface area contributed by atoms with Crippen molar-refractivity contribution in [1.29, 1.82) is 0 Å². The van der Waals surface area contributed by atoms with Gasteiger partial charge >= 0.3 is 0 Å². The Balaban J connectivity index is 1.29. The first kappa shape index (κ1) is 28.2.